The number of nitrogens with zero attached hydrogens (tertiary/aromatic N) is 6. The molecule has 0 spiro atoms. The molecular formula is C23H31F3N8S. The van der Waals surface area contributed by atoms with E-state index in [0.29, 0.717) is 35.7 Å². The molecule has 0 saturated heterocycles. The van der Waals surface area contributed by atoms with Crippen LogP contribution < -0.4 is 10.2 Å². The summed E-state index contributed by atoms with van der Waals surface area (Å²) >= 11 is 0.717. The Morgan fingerprint density at radius 3 is 2.57 bits per heavy atom. The molecule has 0 unspecified atom stereocenters. The van der Waals surface area contributed by atoms with Crippen LogP contribution in [0.25, 0.3) is 0 Å². The van der Waals surface area contributed by atoms with E-state index in [2.05, 4.69) is 73.1 Å². The number of nitrogens with one attached hydrogen (secondary N) is 2. The standard InChI is InChI=1S/C23H31F3N8S/c1-14(2)13-34(17-7-5-4-6-8-17)19-10-9-16(15(3)11-20-29-32-33-30-20)12-18(19)27-22-28-21(31-35-22)23(24,25)26/h9-10,12,14-15,17H,4-8,11,13H2,1-3H3,(H,27,28,31)(H,29,30,32,33)/t15-/m1/s1. The lowest BCUT2D eigenvalue weighted by atomic mass is 9.92. The summed E-state index contributed by atoms with van der Waals surface area (Å²) in [7, 11) is 0. The summed E-state index contributed by atoms with van der Waals surface area (Å²) in [5.41, 5.74) is 2.74. The molecule has 2 heterocycles. The van der Waals surface area contributed by atoms with Crippen LogP contribution in [-0.2, 0) is 12.6 Å². The monoisotopic (exact) mass is 508 g/mol. The minimum atomic E-state index is -4.58. The van der Waals surface area contributed by atoms with Gasteiger partial charge in [-0.1, -0.05) is 46.1 Å². The Kier molecular flexibility index (Phi) is 7.88. The number of hydrogen-bond donors (Lipinski definition) is 2. The number of hydrogen-bond acceptors (Lipinski definition) is 8. The molecular weight excluding hydrogens is 477 g/mol. The van der Waals surface area contributed by atoms with E-state index in [9.17, 15) is 13.2 Å². The molecule has 1 atom stereocenters. The molecule has 0 aliphatic heterocycles. The third-order valence-corrected chi connectivity index (χ3v) is 6.92. The fraction of sp³-hybridized carbons (Fsp3) is 0.609. The molecule has 0 amide bonds. The zero-order chi connectivity index (χ0) is 25.0. The topological polar surface area (TPSA) is 95.5 Å². The fourth-order valence-electron chi connectivity index (χ4n) is 4.62. The Hall–Kier alpha value is -2.76. The zero-order valence-corrected chi connectivity index (χ0v) is 21.0. The number of H-pyrrole nitrogens is 1. The fourth-order valence-corrected chi connectivity index (χ4v) is 5.22. The van der Waals surface area contributed by atoms with Gasteiger partial charge in [0.2, 0.25) is 11.0 Å². The van der Waals surface area contributed by atoms with Crippen LogP contribution in [-0.4, -0.2) is 42.6 Å². The quantitative estimate of drug-likeness (QED) is 0.368. The van der Waals surface area contributed by atoms with E-state index in [1.807, 2.05) is 6.07 Å². The maximum absolute atomic E-state index is 13.1. The van der Waals surface area contributed by atoms with Gasteiger partial charge in [-0.3, -0.25) is 0 Å². The maximum atomic E-state index is 13.1. The summed E-state index contributed by atoms with van der Waals surface area (Å²) in [4.78, 5) is 6.13. The summed E-state index contributed by atoms with van der Waals surface area (Å²) in [6.45, 7) is 7.30. The van der Waals surface area contributed by atoms with Crippen LogP contribution in [0, 0.1) is 5.92 Å². The molecule has 2 N–H and O–H groups in total. The van der Waals surface area contributed by atoms with Gasteiger partial charge < -0.3 is 10.2 Å². The summed E-state index contributed by atoms with van der Waals surface area (Å²) in [5.74, 6) is 0.0762. The first-order chi connectivity index (χ1) is 16.7. The van der Waals surface area contributed by atoms with Gasteiger partial charge in [0.15, 0.2) is 0 Å². The van der Waals surface area contributed by atoms with Crippen molar-refractivity contribution in [2.45, 2.75) is 77.4 Å². The zero-order valence-electron chi connectivity index (χ0n) is 20.1. The molecule has 2 aromatic heterocycles. The average molecular weight is 509 g/mol. The van der Waals surface area contributed by atoms with Crippen molar-refractivity contribution in [2.24, 2.45) is 5.92 Å². The molecule has 4 rings (SSSR count). The van der Waals surface area contributed by atoms with E-state index in [0.717, 1.165) is 36.3 Å². The summed E-state index contributed by atoms with van der Waals surface area (Å²) in [5, 5.41) is 17.3. The third-order valence-electron chi connectivity index (χ3n) is 6.29. The Bertz CT molecular complexity index is 1080. The lowest BCUT2D eigenvalue weighted by Crippen LogP contribution is -2.39. The van der Waals surface area contributed by atoms with E-state index >= 15 is 0 Å². The number of aromatic amines is 1. The summed E-state index contributed by atoms with van der Waals surface area (Å²) in [6.07, 6.45) is 1.88. The Morgan fingerprint density at radius 2 is 1.94 bits per heavy atom. The largest absolute Gasteiger partial charge is 0.452 e. The predicted octanol–water partition coefficient (Wildman–Crippen LogP) is 5.95. The minimum absolute atomic E-state index is 0.0905. The summed E-state index contributed by atoms with van der Waals surface area (Å²) < 4.78 is 42.8. The van der Waals surface area contributed by atoms with Gasteiger partial charge in [-0.05, 0) is 52.8 Å². The highest BCUT2D eigenvalue weighted by atomic mass is 32.1. The Labute approximate surface area is 206 Å². The third kappa shape index (κ3) is 6.47. The van der Waals surface area contributed by atoms with Crippen LogP contribution >= 0.6 is 11.5 Å². The normalized spacial score (nSPS) is 16.0. The molecule has 8 nitrogen and oxygen atoms in total. The Morgan fingerprint density at radius 1 is 1.17 bits per heavy atom. The summed E-state index contributed by atoms with van der Waals surface area (Å²) in [6, 6.07) is 6.58. The van der Waals surface area contributed by atoms with Gasteiger partial charge in [0.1, 0.15) is 5.82 Å². The number of tetrazole rings is 1. The molecule has 0 radical (unpaired) electrons. The number of anilines is 3. The second-order valence-electron chi connectivity index (χ2n) is 9.61. The number of aromatic nitrogens is 6. The lowest BCUT2D eigenvalue weighted by molar-refractivity contribution is -0.144. The van der Waals surface area contributed by atoms with E-state index < -0.39 is 12.0 Å². The average Bonchev–Trinajstić information content (AvgIpc) is 3.50. The first kappa shape index (κ1) is 25.3. The second-order valence-corrected chi connectivity index (χ2v) is 10.4. The molecule has 1 saturated carbocycles. The number of halogens is 3. The molecule has 1 fully saturated rings. The van der Waals surface area contributed by atoms with Gasteiger partial charge in [0, 0.05) is 30.5 Å². The van der Waals surface area contributed by atoms with Crippen LogP contribution in [0.5, 0.6) is 0 Å². The van der Waals surface area contributed by atoms with Crippen LogP contribution in [0.3, 0.4) is 0 Å². The number of alkyl halides is 3. The second kappa shape index (κ2) is 10.9. The van der Waals surface area contributed by atoms with Crippen LogP contribution in [0.1, 0.15) is 76.0 Å². The van der Waals surface area contributed by atoms with Gasteiger partial charge >= 0.3 is 6.18 Å². The highest BCUT2D eigenvalue weighted by Crippen LogP contribution is 2.38. The highest BCUT2D eigenvalue weighted by Gasteiger charge is 2.36. The molecule has 1 aliphatic rings. The van der Waals surface area contributed by atoms with Gasteiger partial charge in [0.25, 0.3) is 0 Å². The first-order valence-electron chi connectivity index (χ1n) is 12.0. The van der Waals surface area contributed by atoms with Gasteiger partial charge in [-0.2, -0.15) is 22.5 Å². The van der Waals surface area contributed by atoms with Crippen molar-refractivity contribution in [1.82, 2.24) is 30.0 Å². The van der Waals surface area contributed by atoms with E-state index in [4.69, 9.17) is 0 Å². The highest BCUT2D eigenvalue weighted by molar-refractivity contribution is 7.09. The molecule has 1 aliphatic carbocycles. The van der Waals surface area contributed by atoms with Crippen molar-refractivity contribution < 1.29 is 13.2 Å². The van der Waals surface area contributed by atoms with Crippen LogP contribution in [0.4, 0.5) is 29.7 Å². The van der Waals surface area contributed by atoms with Gasteiger partial charge in [-0.25, -0.2) is 5.10 Å². The van der Waals surface area contributed by atoms with E-state index in [-0.39, 0.29) is 11.0 Å². The number of rotatable bonds is 9. The smallest absolute Gasteiger partial charge is 0.367 e. The van der Waals surface area contributed by atoms with E-state index in [1.54, 1.807) is 0 Å². The minimum Gasteiger partial charge on any atom is -0.367 e. The van der Waals surface area contributed by atoms with Crippen molar-refractivity contribution in [1.29, 1.82) is 0 Å². The Balaban J connectivity index is 1.69. The van der Waals surface area contributed by atoms with Crippen LogP contribution in [0.2, 0.25) is 0 Å². The first-order valence-corrected chi connectivity index (χ1v) is 12.8. The van der Waals surface area contributed by atoms with Crippen molar-refractivity contribution >= 4 is 28.0 Å². The maximum Gasteiger partial charge on any atom is 0.452 e. The molecule has 12 heteroatoms. The van der Waals surface area contributed by atoms with Crippen molar-refractivity contribution in [2.75, 3.05) is 16.8 Å². The van der Waals surface area contributed by atoms with Crippen molar-refractivity contribution in [3.63, 3.8) is 0 Å². The molecule has 0 bridgehead atoms. The van der Waals surface area contributed by atoms with Crippen molar-refractivity contribution in [3.05, 3.63) is 35.4 Å². The SMILES string of the molecule is CC(C)CN(c1ccc([C@H](C)Cc2nnn[nH]2)cc1Nc1nc(C(F)(F)F)ns1)C1CCCCC1. The molecule has 3 aromatic rings. The molecule has 1 aromatic carbocycles. The number of benzene rings is 1. The van der Waals surface area contributed by atoms with Crippen molar-refractivity contribution in [3.8, 4) is 0 Å². The van der Waals surface area contributed by atoms with Gasteiger partial charge in [0.05, 0.1) is 11.4 Å². The lowest BCUT2D eigenvalue weighted by Gasteiger charge is -2.38. The van der Waals surface area contributed by atoms with Crippen LogP contribution in [0.15, 0.2) is 18.2 Å². The van der Waals surface area contributed by atoms with E-state index in [1.165, 1.54) is 19.3 Å². The van der Waals surface area contributed by atoms with Gasteiger partial charge in [-0.15, -0.1) is 5.10 Å². The predicted molar refractivity (Wildman–Crippen MR) is 130 cm³/mol. The molecule has 35 heavy (non-hydrogen) atoms. The molecule has 190 valence electrons.